The summed E-state index contributed by atoms with van der Waals surface area (Å²) < 4.78 is 0.338. The van der Waals surface area contributed by atoms with Gasteiger partial charge >= 0.3 is 5.97 Å². The number of aromatic carboxylic acids is 1. The van der Waals surface area contributed by atoms with Crippen LogP contribution in [-0.4, -0.2) is 22.3 Å². The van der Waals surface area contributed by atoms with Crippen LogP contribution in [0.5, 0.6) is 0 Å². The summed E-state index contributed by atoms with van der Waals surface area (Å²) in [4.78, 5) is 24.4. The highest BCUT2D eigenvalue weighted by Crippen LogP contribution is 2.10. The van der Waals surface area contributed by atoms with E-state index < -0.39 is 5.97 Å². The van der Waals surface area contributed by atoms with E-state index in [1.807, 2.05) is 0 Å². The summed E-state index contributed by atoms with van der Waals surface area (Å²) in [7, 11) is 0. The van der Waals surface area contributed by atoms with Gasteiger partial charge in [0.05, 0.1) is 5.56 Å². The highest BCUT2D eigenvalue weighted by Gasteiger charge is 2.05. The number of aromatic nitrogens is 1. The molecule has 0 unspecified atom stereocenters. The first-order chi connectivity index (χ1) is 5.63. The fourth-order valence-electron chi connectivity index (χ4n) is 0.701. The third-order valence-corrected chi connectivity index (χ3v) is 1.59. The SMILES string of the molecule is O=Cc1cc(C(=O)O)cc(Br)n1. The molecule has 1 aromatic heterocycles. The zero-order chi connectivity index (χ0) is 9.14. The van der Waals surface area contributed by atoms with Crippen LogP contribution < -0.4 is 0 Å². The number of nitrogens with zero attached hydrogens (tertiary/aromatic N) is 1. The van der Waals surface area contributed by atoms with Gasteiger partial charge in [0.1, 0.15) is 10.3 Å². The van der Waals surface area contributed by atoms with Crippen LogP contribution in [0.1, 0.15) is 20.8 Å². The standard InChI is InChI=1S/C7H4BrNO3/c8-6-2-4(7(11)12)1-5(3-10)9-6/h1-3H,(H,11,12). The number of carboxylic acids is 1. The van der Waals surface area contributed by atoms with Crippen LogP contribution in [0.4, 0.5) is 0 Å². The minimum Gasteiger partial charge on any atom is -0.478 e. The lowest BCUT2D eigenvalue weighted by atomic mass is 10.2. The lowest BCUT2D eigenvalue weighted by Gasteiger charge is -1.96. The van der Waals surface area contributed by atoms with Gasteiger partial charge in [0.2, 0.25) is 0 Å². The Kier molecular flexibility index (Phi) is 2.54. The lowest BCUT2D eigenvalue weighted by molar-refractivity contribution is 0.0696. The third kappa shape index (κ3) is 1.88. The van der Waals surface area contributed by atoms with Gasteiger partial charge in [0.25, 0.3) is 0 Å². The second kappa shape index (κ2) is 3.44. The van der Waals surface area contributed by atoms with Gasteiger partial charge in [-0.25, -0.2) is 9.78 Å². The zero-order valence-electron chi connectivity index (χ0n) is 5.82. The molecule has 0 aliphatic rings. The van der Waals surface area contributed by atoms with E-state index in [-0.39, 0.29) is 11.3 Å². The number of halogens is 1. The summed E-state index contributed by atoms with van der Waals surface area (Å²) in [6, 6.07) is 2.54. The van der Waals surface area contributed by atoms with Gasteiger partial charge in [-0.15, -0.1) is 0 Å². The number of carboxylic acid groups (broad SMARTS) is 1. The first kappa shape index (κ1) is 8.86. The lowest BCUT2D eigenvalue weighted by Crippen LogP contribution is -1.99. The topological polar surface area (TPSA) is 67.3 Å². The second-order valence-electron chi connectivity index (χ2n) is 2.03. The van der Waals surface area contributed by atoms with E-state index in [9.17, 15) is 9.59 Å². The van der Waals surface area contributed by atoms with Crippen molar-refractivity contribution in [3.63, 3.8) is 0 Å². The number of hydrogen-bond donors (Lipinski definition) is 1. The third-order valence-electron chi connectivity index (χ3n) is 1.18. The molecule has 5 heteroatoms. The van der Waals surface area contributed by atoms with Gasteiger partial charge < -0.3 is 5.11 Å². The molecule has 1 rings (SSSR count). The first-order valence-corrected chi connectivity index (χ1v) is 3.79. The summed E-state index contributed by atoms with van der Waals surface area (Å²) in [5.74, 6) is -1.08. The van der Waals surface area contributed by atoms with Crippen molar-refractivity contribution < 1.29 is 14.7 Å². The van der Waals surface area contributed by atoms with E-state index in [0.29, 0.717) is 10.9 Å². The Labute approximate surface area is 76.4 Å². The number of hydrogen-bond acceptors (Lipinski definition) is 3. The first-order valence-electron chi connectivity index (χ1n) is 2.99. The number of carbonyl (C=O) groups is 2. The molecule has 0 radical (unpaired) electrons. The summed E-state index contributed by atoms with van der Waals surface area (Å²) in [5.41, 5.74) is 0.140. The van der Waals surface area contributed by atoms with Crippen molar-refractivity contribution in [1.29, 1.82) is 0 Å². The van der Waals surface area contributed by atoms with Crippen LogP contribution >= 0.6 is 15.9 Å². The summed E-state index contributed by atoms with van der Waals surface area (Å²) in [6.45, 7) is 0. The van der Waals surface area contributed by atoms with E-state index in [0.717, 1.165) is 0 Å². The van der Waals surface area contributed by atoms with Gasteiger partial charge in [-0.05, 0) is 28.1 Å². The van der Waals surface area contributed by atoms with E-state index in [1.165, 1.54) is 12.1 Å². The Hall–Kier alpha value is -1.23. The Bertz CT molecular complexity index is 337. The van der Waals surface area contributed by atoms with Crippen molar-refractivity contribution >= 4 is 28.2 Å². The quantitative estimate of drug-likeness (QED) is 0.615. The Morgan fingerprint density at radius 3 is 2.75 bits per heavy atom. The van der Waals surface area contributed by atoms with Gasteiger partial charge in [-0.1, -0.05) is 0 Å². The molecule has 0 atom stereocenters. The molecular weight excluding hydrogens is 226 g/mol. The van der Waals surface area contributed by atoms with E-state index in [1.54, 1.807) is 0 Å². The minimum absolute atomic E-state index is 0.0407. The highest BCUT2D eigenvalue weighted by molar-refractivity contribution is 9.10. The molecule has 62 valence electrons. The molecule has 0 aliphatic carbocycles. The molecule has 4 nitrogen and oxygen atoms in total. The molecule has 0 saturated carbocycles. The zero-order valence-corrected chi connectivity index (χ0v) is 7.41. The maximum Gasteiger partial charge on any atom is 0.335 e. The van der Waals surface area contributed by atoms with Gasteiger partial charge in [0.15, 0.2) is 6.29 Å². The Balaban J connectivity index is 3.23. The van der Waals surface area contributed by atoms with Crippen LogP contribution in [-0.2, 0) is 0 Å². The van der Waals surface area contributed by atoms with Crippen LogP contribution in [0.15, 0.2) is 16.7 Å². The molecule has 0 saturated heterocycles. The molecule has 1 N–H and O–H groups in total. The van der Waals surface area contributed by atoms with Crippen molar-refractivity contribution in [1.82, 2.24) is 4.98 Å². The number of aldehydes is 1. The summed E-state index contributed by atoms with van der Waals surface area (Å²) >= 11 is 2.99. The van der Waals surface area contributed by atoms with Crippen molar-refractivity contribution in [3.05, 3.63) is 28.0 Å². The molecule has 1 aromatic rings. The molecule has 0 aromatic carbocycles. The van der Waals surface area contributed by atoms with Crippen LogP contribution in [0.2, 0.25) is 0 Å². The molecule has 0 bridgehead atoms. The molecule has 1 heterocycles. The average molecular weight is 230 g/mol. The fraction of sp³-hybridized carbons (Fsp3) is 0. The van der Waals surface area contributed by atoms with E-state index in [4.69, 9.17) is 5.11 Å². The maximum atomic E-state index is 10.5. The number of carbonyl (C=O) groups excluding carboxylic acids is 1. The summed E-state index contributed by atoms with van der Waals surface area (Å²) in [6.07, 6.45) is 0.497. The van der Waals surface area contributed by atoms with Gasteiger partial charge in [0, 0.05) is 0 Å². The van der Waals surface area contributed by atoms with Crippen LogP contribution in [0.25, 0.3) is 0 Å². The molecule has 0 amide bonds. The van der Waals surface area contributed by atoms with Gasteiger partial charge in [-0.3, -0.25) is 4.79 Å². The smallest absolute Gasteiger partial charge is 0.335 e. The van der Waals surface area contributed by atoms with Crippen molar-refractivity contribution in [3.8, 4) is 0 Å². The largest absolute Gasteiger partial charge is 0.478 e. The van der Waals surface area contributed by atoms with Crippen molar-refractivity contribution in [2.24, 2.45) is 0 Å². The van der Waals surface area contributed by atoms with E-state index >= 15 is 0 Å². The van der Waals surface area contributed by atoms with E-state index in [2.05, 4.69) is 20.9 Å². The number of rotatable bonds is 2. The average Bonchev–Trinajstić information content (AvgIpc) is 2.03. The number of pyridine rings is 1. The fourth-order valence-corrected chi connectivity index (χ4v) is 1.15. The normalized spacial score (nSPS) is 9.42. The predicted octanol–water partition coefficient (Wildman–Crippen LogP) is 1.35. The molecule has 0 aliphatic heterocycles. The summed E-state index contributed by atoms with van der Waals surface area (Å²) in [5, 5.41) is 8.56. The van der Waals surface area contributed by atoms with Crippen molar-refractivity contribution in [2.75, 3.05) is 0 Å². The Morgan fingerprint density at radius 1 is 1.58 bits per heavy atom. The predicted molar refractivity (Wildman–Crippen MR) is 44.3 cm³/mol. The van der Waals surface area contributed by atoms with Crippen LogP contribution in [0.3, 0.4) is 0 Å². The molecule has 0 spiro atoms. The molecular formula is C7H4BrNO3. The van der Waals surface area contributed by atoms with Crippen LogP contribution in [0, 0.1) is 0 Å². The van der Waals surface area contributed by atoms with Gasteiger partial charge in [-0.2, -0.15) is 0 Å². The minimum atomic E-state index is -1.08. The molecule has 0 fully saturated rings. The maximum absolute atomic E-state index is 10.5. The van der Waals surface area contributed by atoms with Crippen molar-refractivity contribution in [2.45, 2.75) is 0 Å². The molecule has 12 heavy (non-hydrogen) atoms. The monoisotopic (exact) mass is 229 g/mol. The highest BCUT2D eigenvalue weighted by atomic mass is 79.9. The Morgan fingerprint density at radius 2 is 2.25 bits per heavy atom. The second-order valence-corrected chi connectivity index (χ2v) is 2.84.